The van der Waals surface area contributed by atoms with Gasteiger partial charge in [-0.2, -0.15) is 0 Å². The molecule has 0 bridgehead atoms. The maximum Gasteiger partial charge on any atom is 0.233 e. The number of nitrogens with zero attached hydrogens (tertiary/aromatic N) is 1. The highest BCUT2D eigenvalue weighted by Gasteiger charge is 2.45. The number of benzene rings is 1. The molecule has 3 nitrogen and oxygen atoms in total. The first-order valence-electron chi connectivity index (χ1n) is 9.39. The average molecular weight is 390 g/mol. The molecule has 1 saturated heterocycles. The maximum absolute atomic E-state index is 13.6. The summed E-state index contributed by atoms with van der Waals surface area (Å²) in [5.41, 5.74) is 0.767. The number of carbonyl (C=O) groups excluding carboxylic acids is 1. The van der Waals surface area contributed by atoms with Gasteiger partial charge in [0.2, 0.25) is 5.91 Å². The van der Waals surface area contributed by atoms with Crippen molar-refractivity contribution in [1.29, 1.82) is 0 Å². The third kappa shape index (κ3) is 3.41. The second kappa shape index (κ2) is 7.69. The van der Waals surface area contributed by atoms with Gasteiger partial charge in [0.1, 0.15) is 5.76 Å². The van der Waals surface area contributed by atoms with Crippen molar-refractivity contribution >= 4 is 29.3 Å². The summed E-state index contributed by atoms with van der Waals surface area (Å²) in [6.45, 7) is 1.61. The van der Waals surface area contributed by atoms with Gasteiger partial charge in [-0.3, -0.25) is 4.79 Å². The van der Waals surface area contributed by atoms with Crippen LogP contribution < -0.4 is 0 Å². The SMILES string of the molecule is O=C(N1CCS[C@@H](c2ccco2)CC1)C1(c2ccc(Cl)cc2)CCCC1. The van der Waals surface area contributed by atoms with Gasteiger partial charge < -0.3 is 9.32 Å². The molecule has 0 unspecified atom stereocenters. The third-order valence-corrected chi connectivity index (χ3v) is 7.29. The summed E-state index contributed by atoms with van der Waals surface area (Å²) in [6.07, 6.45) is 6.80. The summed E-state index contributed by atoms with van der Waals surface area (Å²) >= 11 is 7.97. The summed E-state index contributed by atoms with van der Waals surface area (Å²) in [4.78, 5) is 15.7. The van der Waals surface area contributed by atoms with E-state index in [1.54, 1.807) is 6.26 Å². The van der Waals surface area contributed by atoms with E-state index in [-0.39, 0.29) is 5.41 Å². The van der Waals surface area contributed by atoms with Crippen molar-refractivity contribution in [2.75, 3.05) is 18.8 Å². The van der Waals surface area contributed by atoms with Gasteiger partial charge in [0, 0.05) is 23.9 Å². The van der Waals surface area contributed by atoms with Crippen molar-refractivity contribution in [2.45, 2.75) is 42.8 Å². The highest BCUT2D eigenvalue weighted by molar-refractivity contribution is 7.99. The van der Waals surface area contributed by atoms with Crippen LogP contribution in [-0.4, -0.2) is 29.6 Å². The summed E-state index contributed by atoms with van der Waals surface area (Å²) in [5.74, 6) is 2.28. The minimum atomic E-state index is -0.361. The lowest BCUT2D eigenvalue weighted by Crippen LogP contribution is -2.46. The van der Waals surface area contributed by atoms with E-state index in [0.29, 0.717) is 11.2 Å². The zero-order valence-electron chi connectivity index (χ0n) is 14.8. The first kappa shape index (κ1) is 18.0. The largest absolute Gasteiger partial charge is 0.468 e. The number of halogens is 1. The van der Waals surface area contributed by atoms with Crippen molar-refractivity contribution in [3.8, 4) is 0 Å². The quantitative estimate of drug-likeness (QED) is 0.699. The minimum Gasteiger partial charge on any atom is -0.468 e. The zero-order valence-corrected chi connectivity index (χ0v) is 16.4. The zero-order chi connectivity index (χ0) is 18.0. The smallest absolute Gasteiger partial charge is 0.233 e. The van der Waals surface area contributed by atoms with E-state index >= 15 is 0 Å². The average Bonchev–Trinajstić information content (AvgIpc) is 3.31. The van der Waals surface area contributed by atoms with Gasteiger partial charge in [-0.05, 0) is 49.1 Å². The molecule has 1 amide bonds. The number of amides is 1. The molecule has 1 atom stereocenters. The van der Waals surface area contributed by atoms with Gasteiger partial charge in [0.05, 0.1) is 16.9 Å². The lowest BCUT2D eigenvalue weighted by molar-refractivity contribution is -0.137. The second-order valence-electron chi connectivity index (χ2n) is 7.25. The molecule has 1 aliphatic carbocycles. The molecule has 0 spiro atoms. The van der Waals surface area contributed by atoms with E-state index in [2.05, 4.69) is 4.90 Å². The Morgan fingerprint density at radius 2 is 1.92 bits per heavy atom. The van der Waals surface area contributed by atoms with Crippen LogP contribution in [0, 0.1) is 0 Å². The van der Waals surface area contributed by atoms with E-state index in [1.807, 2.05) is 48.2 Å². The Kier molecular flexibility index (Phi) is 5.32. The third-order valence-electron chi connectivity index (χ3n) is 5.75. The van der Waals surface area contributed by atoms with E-state index in [4.69, 9.17) is 16.0 Å². The number of furan rings is 1. The van der Waals surface area contributed by atoms with Gasteiger partial charge in [0.25, 0.3) is 0 Å². The number of hydrogen-bond acceptors (Lipinski definition) is 3. The summed E-state index contributed by atoms with van der Waals surface area (Å²) < 4.78 is 5.59. The normalized spacial score (nSPS) is 23.0. The van der Waals surface area contributed by atoms with E-state index in [1.165, 1.54) is 0 Å². The molecule has 0 N–H and O–H groups in total. The van der Waals surface area contributed by atoms with Crippen LogP contribution in [0.1, 0.15) is 48.7 Å². The Labute approximate surface area is 164 Å². The molecule has 2 aliphatic rings. The van der Waals surface area contributed by atoms with Gasteiger partial charge in [0.15, 0.2) is 0 Å². The first-order chi connectivity index (χ1) is 12.7. The molecule has 26 heavy (non-hydrogen) atoms. The fraction of sp³-hybridized carbons (Fsp3) is 0.476. The Bertz CT molecular complexity index is 738. The topological polar surface area (TPSA) is 33.5 Å². The maximum atomic E-state index is 13.6. The molecule has 2 heterocycles. The molecular formula is C21H24ClNO2S. The fourth-order valence-corrected chi connectivity index (χ4v) is 5.66. The van der Waals surface area contributed by atoms with Crippen LogP contribution in [0.4, 0.5) is 0 Å². The van der Waals surface area contributed by atoms with Gasteiger partial charge in [-0.15, -0.1) is 11.8 Å². The molecule has 0 radical (unpaired) electrons. The van der Waals surface area contributed by atoms with Crippen molar-refractivity contribution in [1.82, 2.24) is 4.90 Å². The number of rotatable bonds is 3. The van der Waals surface area contributed by atoms with Crippen molar-refractivity contribution in [3.05, 3.63) is 59.0 Å². The molecule has 5 heteroatoms. The first-order valence-corrected chi connectivity index (χ1v) is 10.8. The number of carbonyl (C=O) groups is 1. The molecule has 1 aliphatic heterocycles. The van der Waals surface area contributed by atoms with Crippen LogP contribution in [0.5, 0.6) is 0 Å². The monoisotopic (exact) mass is 389 g/mol. The van der Waals surface area contributed by atoms with Crippen molar-refractivity contribution < 1.29 is 9.21 Å². The molecule has 1 aromatic carbocycles. The van der Waals surface area contributed by atoms with Crippen LogP contribution in [0.15, 0.2) is 47.1 Å². The predicted octanol–water partition coefficient (Wildman–Crippen LogP) is 5.45. The van der Waals surface area contributed by atoms with Crippen LogP contribution >= 0.6 is 23.4 Å². The Hall–Kier alpha value is -1.39. The lowest BCUT2D eigenvalue weighted by atomic mass is 9.77. The molecule has 2 aromatic rings. The highest BCUT2D eigenvalue weighted by Crippen LogP contribution is 2.44. The van der Waals surface area contributed by atoms with Crippen LogP contribution in [-0.2, 0) is 10.2 Å². The van der Waals surface area contributed by atoms with E-state index < -0.39 is 0 Å². The Morgan fingerprint density at radius 3 is 2.62 bits per heavy atom. The molecule has 138 valence electrons. The van der Waals surface area contributed by atoms with Gasteiger partial charge in [-0.1, -0.05) is 36.6 Å². The molecule has 1 aromatic heterocycles. The van der Waals surface area contributed by atoms with Crippen LogP contribution in [0.3, 0.4) is 0 Å². The van der Waals surface area contributed by atoms with Crippen LogP contribution in [0.2, 0.25) is 5.02 Å². The van der Waals surface area contributed by atoms with Crippen LogP contribution in [0.25, 0.3) is 0 Å². The molecular weight excluding hydrogens is 366 g/mol. The highest BCUT2D eigenvalue weighted by atomic mass is 35.5. The molecule has 4 rings (SSSR count). The van der Waals surface area contributed by atoms with E-state index in [0.717, 1.165) is 67.3 Å². The van der Waals surface area contributed by atoms with Gasteiger partial charge in [-0.25, -0.2) is 0 Å². The minimum absolute atomic E-state index is 0.304. The lowest BCUT2D eigenvalue weighted by Gasteiger charge is -2.34. The van der Waals surface area contributed by atoms with E-state index in [9.17, 15) is 4.79 Å². The molecule has 2 fully saturated rings. The fourth-order valence-electron chi connectivity index (χ4n) is 4.35. The summed E-state index contributed by atoms with van der Waals surface area (Å²) in [6, 6.07) is 11.9. The molecule has 1 saturated carbocycles. The second-order valence-corrected chi connectivity index (χ2v) is 9.00. The number of thioether (sulfide) groups is 1. The Balaban J connectivity index is 1.54. The van der Waals surface area contributed by atoms with Crippen molar-refractivity contribution in [3.63, 3.8) is 0 Å². The number of hydrogen-bond donors (Lipinski definition) is 0. The van der Waals surface area contributed by atoms with Gasteiger partial charge >= 0.3 is 0 Å². The predicted molar refractivity (Wildman–Crippen MR) is 107 cm³/mol. The van der Waals surface area contributed by atoms with Crippen molar-refractivity contribution in [2.24, 2.45) is 0 Å². The Morgan fingerprint density at radius 1 is 1.15 bits per heavy atom. The summed E-state index contributed by atoms with van der Waals surface area (Å²) in [5, 5.41) is 1.07. The standard InChI is InChI=1S/C21H24ClNO2S/c22-17-7-5-16(6-8-17)21(10-1-2-11-21)20(24)23-12-9-19(26-15-13-23)18-4-3-14-25-18/h3-8,14,19H,1-2,9-13,15H2/t19-/m1/s1. The summed E-state index contributed by atoms with van der Waals surface area (Å²) in [7, 11) is 0.